The molecule has 1 atom stereocenters. The van der Waals surface area contributed by atoms with Crippen molar-refractivity contribution >= 4 is 45.1 Å². The number of hydrogen-bond donors (Lipinski definition) is 2. The molecule has 262 valence electrons. The van der Waals surface area contributed by atoms with Crippen molar-refractivity contribution in [2.45, 2.75) is 57.9 Å². The van der Waals surface area contributed by atoms with E-state index < -0.39 is 11.6 Å². The first-order chi connectivity index (χ1) is 24.8. The van der Waals surface area contributed by atoms with Crippen LogP contribution in [0.25, 0.3) is 21.9 Å². The maximum atomic E-state index is 14.7. The first-order valence-corrected chi connectivity index (χ1v) is 17.5. The molecule has 2 N–H and O–H groups in total. The predicted molar refractivity (Wildman–Crippen MR) is 190 cm³/mol. The van der Waals surface area contributed by atoms with Crippen molar-refractivity contribution in [2.75, 3.05) is 25.0 Å². The van der Waals surface area contributed by atoms with E-state index in [0.29, 0.717) is 57.4 Å². The van der Waals surface area contributed by atoms with E-state index >= 15 is 0 Å². The molecule has 6 aromatic rings. The number of fused-ring (bicyclic) bond motifs is 2. The van der Waals surface area contributed by atoms with Crippen LogP contribution < -0.4 is 10.1 Å². The van der Waals surface area contributed by atoms with Crippen LogP contribution in [0.1, 0.15) is 58.3 Å². The number of benzene rings is 3. The molecule has 0 radical (unpaired) electrons. The highest BCUT2D eigenvalue weighted by Crippen LogP contribution is 2.31. The summed E-state index contributed by atoms with van der Waals surface area (Å²) in [4.78, 5) is 25.5. The molecular weight excluding hydrogens is 676 g/mol. The third-order valence-corrected chi connectivity index (χ3v) is 10.1. The van der Waals surface area contributed by atoms with Crippen molar-refractivity contribution < 1.29 is 23.0 Å². The molecule has 51 heavy (non-hydrogen) atoms. The molecule has 3 aromatic heterocycles. The second-order valence-corrected chi connectivity index (χ2v) is 13.7. The molecule has 0 bridgehead atoms. The summed E-state index contributed by atoms with van der Waals surface area (Å²) < 4.78 is 42.7. The van der Waals surface area contributed by atoms with Crippen LogP contribution in [0.3, 0.4) is 0 Å². The second-order valence-electron chi connectivity index (χ2n) is 13.2. The molecule has 2 aliphatic rings. The van der Waals surface area contributed by atoms with E-state index in [1.165, 1.54) is 12.1 Å². The maximum absolute atomic E-state index is 14.7. The summed E-state index contributed by atoms with van der Waals surface area (Å²) in [7, 11) is 0. The molecule has 0 spiro atoms. The molecule has 1 amide bonds. The third kappa shape index (κ3) is 7.03. The third-order valence-electron chi connectivity index (χ3n) is 9.85. The van der Waals surface area contributed by atoms with Crippen LogP contribution in [0.4, 0.5) is 14.5 Å². The number of ether oxygens (including phenoxy) is 2. The zero-order valence-electron chi connectivity index (χ0n) is 28.0. The molecule has 13 heteroatoms. The van der Waals surface area contributed by atoms with Crippen LogP contribution in [0.2, 0.25) is 5.02 Å². The number of rotatable bonds is 10. The minimum absolute atomic E-state index is 0.0684. The molecule has 2 fully saturated rings. The van der Waals surface area contributed by atoms with Gasteiger partial charge in [-0.25, -0.2) is 18.7 Å². The molecule has 3 aromatic carbocycles. The number of aryl methyl sites for hydroxylation is 1. The fraction of sp³-hybridized carbons (Fsp3) is 0.316. The number of pyridine rings is 1. The van der Waals surface area contributed by atoms with Crippen LogP contribution in [0.5, 0.6) is 5.88 Å². The first kappa shape index (κ1) is 33.2. The van der Waals surface area contributed by atoms with Gasteiger partial charge in [0.05, 0.1) is 35.9 Å². The summed E-state index contributed by atoms with van der Waals surface area (Å²) in [5, 5.41) is 10.6. The molecule has 5 heterocycles. The zero-order valence-corrected chi connectivity index (χ0v) is 28.7. The average molecular weight is 712 g/mol. The molecular formula is C38H36ClF2N7O3. The number of H-pyrrole nitrogens is 1. The average Bonchev–Trinajstić information content (AvgIpc) is 3.65. The van der Waals surface area contributed by atoms with Crippen LogP contribution in [0.15, 0.2) is 66.7 Å². The summed E-state index contributed by atoms with van der Waals surface area (Å²) >= 11 is 5.88. The molecule has 8 rings (SSSR count). The molecule has 10 nitrogen and oxygen atoms in total. The van der Waals surface area contributed by atoms with Gasteiger partial charge in [-0.15, -0.1) is 0 Å². The van der Waals surface area contributed by atoms with Crippen molar-refractivity contribution in [3.63, 3.8) is 0 Å². The highest BCUT2D eigenvalue weighted by Gasteiger charge is 2.26. The number of nitrogens with zero attached hydrogens (tertiary/aromatic N) is 5. The Hall–Kier alpha value is -4.91. The van der Waals surface area contributed by atoms with Gasteiger partial charge in [0.2, 0.25) is 5.88 Å². The summed E-state index contributed by atoms with van der Waals surface area (Å²) in [6.45, 7) is 5.68. The Labute approximate surface area is 297 Å². The Balaban J connectivity index is 0.945. The van der Waals surface area contributed by atoms with Gasteiger partial charge < -0.3 is 19.4 Å². The van der Waals surface area contributed by atoms with Gasteiger partial charge in [-0.05, 0) is 87.8 Å². The molecule has 0 aliphatic carbocycles. The highest BCUT2D eigenvalue weighted by atomic mass is 35.5. The Bertz CT molecular complexity index is 2240. The van der Waals surface area contributed by atoms with E-state index in [1.54, 1.807) is 43.3 Å². The standard InChI is InChI=1S/C38H36ClF2N7O3/c1-22-29-17-27(18-31(41)37(29)46-45-22)42-38(49)24-6-8-34-33(15-24)43-35(48(34)19-28-11-14-50-28)20-47-12-9-23(10-13-47)32-3-2-4-36(44-32)51-21-25-5-7-26(39)16-30(25)40/h2-8,15-18,23,28H,9-14,19-21H2,1H3,(H,42,49)(H,45,46)/t28-/m0/s1. The number of halogens is 3. The fourth-order valence-corrected chi connectivity index (χ4v) is 7.03. The monoisotopic (exact) mass is 711 g/mol. The summed E-state index contributed by atoms with van der Waals surface area (Å²) in [6.07, 6.45) is 2.96. The highest BCUT2D eigenvalue weighted by molar-refractivity contribution is 6.30. The second kappa shape index (κ2) is 14.0. The number of carbonyl (C=O) groups excluding carboxylic acids is 1. The van der Waals surface area contributed by atoms with Crippen LogP contribution in [-0.2, 0) is 24.4 Å². The topological polar surface area (TPSA) is 110 Å². The number of nitrogens with one attached hydrogen (secondary N) is 2. The van der Waals surface area contributed by atoms with E-state index in [2.05, 4.69) is 25.0 Å². The Kier molecular flexibility index (Phi) is 9.13. The fourth-order valence-electron chi connectivity index (χ4n) is 6.87. The largest absolute Gasteiger partial charge is 0.473 e. The number of amides is 1. The number of hydrogen-bond acceptors (Lipinski definition) is 7. The number of aromatic amines is 1. The lowest BCUT2D eigenvalue weighted by molar-refractivity contribution is -0.0592. The smallest absolute Gasteiger partial charge is 0.255 e. The number of carbonyl (C=O) groups is 1. The van der Waals surface area contributed by atoms with Gasteiger partial charge in [0, 0.05) is 51.5 Å². The SMILES string of the molecule is Cc1n[nH]c2c(F)cc(NC(=O)c3ccc4c(c3)nc(CN3CCC(c5cccc(OCc6ccc(Cl)cc6F)n5)CC3)n4C[C@@H]3CCO3)cc12. The van der Waals surface area contributed by atoms with Gasteiger partial charge in [-0.2, -0.15) is 5.10 Å². The Morgan fingerprint density at radius 1 is 1.04 bits per heavy atom. The summed E-state index contributed by atoms with van der Waals surface area (Å²) in [6, 6.07) is 18.8. The van der Waals surface area contributed by atoms with Gasteiger partial charge in [-0.3, -0.25) is 14.8 Å². The van der Waals surface area contributed by atoms with E-state index in [-0.39, 0.29) is 24.5 Å². The first-order valence-electron chi connectivity index (χ1n) is 17.1. The van der Waals surface area contributed by atoms with Gasteiger partial charge in [0.15, 0.2) is 5.82 Å². The van der Waals surface area contributed by atoms with Crippen molar-refractivity contribution in [3.8, 4) is 5.88 Å². The number of aromatic nitrogens is 5. The van der Waals surface area contributed by atoms with E-state index in [9.17, 15) is 13.6 Å². The predicted octanol–water partition coefficient (Wildman–Crippen LogP) is 7.55. The van der Waals surface area contributed by atoms with E-state index in [0.717, 1.165) is 61.5 Å². The van der Waals surface area contributed by atoms with Crippen LogP contribution in [0, 0.1) is 18.6 Å². The minimum atomic E-state index is -0.480. The van der Waals surface area contributed by atoms with Crippen molar-refractivity contribution in [1.29, 1.82) is 0 Å². The Morgan fingerprint density at radius 2 is 1.88 bits per heavy atom. The zero-order chi connectivity index (χ0) is 35.1. The van der Waals surface area contributed by atoms with Gasteiger partial charge in [-0.1, -0.05) is 23.7 Å². The quantitative estimate of drug-likeness (QED) is 0.151. The lowest BCUT2D eigenvalue weighted by Crippen LogP contribution is -2.35. The lowest BCUT2D eigenvalue weighted by atomic mass is 9.93. The van der Waals surface area contributed by atoms with E-state index in [4.69, 9.17) is 31.0 Å². The maximum Gasteiger partial charge on any atom is 0.255 e. The molecule has 0 unspecified atom stereocenters. The number of anilines is 1. The number of piperidine rings is 1. The van der Waals surface area contributed by atoms with Crippen LogP contribution >= 0.6 is 11.6 Å². The number of likely N-dealkylation sites (tertiary alicyclic amines) is 1. The Morgan fingerprint density at radius 3 is 2.67 bits per heavy atom. The van der Waals surface area contributed by atoms with Gasteiger partial charge in [0.25, 0.3) is 5.91 Å². The normalized spacial score (nSPS) is 16.8. The van der Waals surface area contributed by atoms with Crippen molar-refractivity contribution in [3.05, 3.63) is 112 Å². The van der Waals surface area contributed by atoms with Gasteiger partial charge >= 0.3 is 0 Å². The minimum Gasteiger partial charge on any atom is -0.473 e. The van der Waals surface area contributed by atoms with E-state index in [1.807, 2.05) is 18.2 Å². The van der Waals surface area contributed by atoms with Crippen LogP contribution in [-0.4, -0.2) is 61.3 Å². The lowest BCUT2D eigenvalue weighted by Gasteiger charge is -2.32. The summed E-state index contributed by atoms with van der Waals surface area (Å²) in [5.41, 5.74) is 4.79. The van der Waals surface area contributed by atoms with Gasteiger partial charge in [0.1, 0.15) is 23.8 Å². The summed E-state index contributed by atoms with van der Waals surface area (Å²) in [5.74, 6) is 0.419. The molecule has 0 saturated carbocycles. The van der Waals surface area contributed by atoms with Crippen molar-refractivity contribution in [1.82, 2.24) is 29.6 Å². The molecule has 2 saturated heterocycles. The van der Waals surface area contributed by atoms with Crippen molar-refractivity contribution in [2.24, 2.45) is 0 Å². The number of imidazole rings is 1. The molecule has 2 aliphatic heterocycles.